The van der Waals surface area contributed by atoms with Gasteiger partial charge in [0.2, 0.25) is 5.95 Å². The molecule has 0 spiro atoms. The first-order chi connectivity index (χ1) is 8.74. The standard InChI is InChI=1S/C10H7ClN6S/c11-6-2-1-3-13-9(6)18-8-5-4-14-17-7(5)15-10(12)16-8/h1-4H,(H3,12,14,15,16,17). The number of hydrogen-bond acceptors (Lipinski definition) is 6. The van der Waals surface area contributed by atoms with E-state index in [-0.39, 0.29) is 5.95 Å². The number of nitrogens with two attached hydrogens (primary N) is 1. The van der Waals surface area contributed by atoms with Crippen molar-refractivity contribution in [2.75, 3.05) is 5.73 Å². The highest BCUT2D eigenvalue weighted by Crippen LogP contribution is 2.33. The monoisotopic (exact) mass is 278 g/mol. The minimum Gasteiger partial charge on any atom is -0.368 e. The van der Waals surface area contributed by atoms with Gasteiger partial charge in [-0.25, -0.2) is 9.97 Å². The first kappa shape index (κ1) is 11.2. The van der Waals surface area contributed by atoms with E-state index >= 15 is 0 Å². The molecule has 0 radical (unpaired) electrons. The van der Waals surface area contributed by atoms with Crippen molar-refractivity contribution < 1.29 is 0 Å². The molecule has 0 aliphatic heterocycles. The second-order valence-corrected chi connectivity index (χ2v) is 4.80. The predicted molar refractivity (Wildman–Crippen MR) is 69.5 cm³/mol. The lowest BCUT2D eigenvalue weighted by Crippen LogP contribution is -1.96. The minimum atomic E-state index is 0.182. The predicted octanol–water partition coefficient (Wildman–Crippen LogP) is 2.13. The van der Waals surface area contributed by atoms with Gasteiger partial charge in [0.25, 0.3) is 0 Å². The minimum absolute atomic E-state index is 0.182. The fourth-order valence-corrected chi connectivity index (χ4v) is 2.54. The lowest BCUT2D eigenvalue weighted by atomic mass is 10.4. The van der Waals surface area contributed by atoms with Crippen LogP contribution in [0.3, 0.4) is 0 Å². The second-order valence-electron chi connectivity index (χ2n) is 3.41. The van der Waals surface area contributed by atoms with E-state index in [0.717, 1.165) is 5.39 Å². The van der Waals surface area contributed by atoms with Crippen molar-refractivity contribution in [1.29, 1.82) is 0 Å². The topological polar surface area (TPSA) is 93.4 Å². The van der Waals surface area contributed by atoms with Crippen molar-refractivity contribution in [3.63, 3.8) is 0 Å². The van der Waals surface area contributed by atoms with Gasteiger partial charge < -0.3 is 5.73 Å². The molecule has 0 fully saturated rings. The molecule has 18 heavy (non-hydrogen) atoms. The van der Waals surface area contributed by atoms with E-state index in [0.29, 0.717) is 20.7 Å². The zero-order valence-corrected chi connectivity index (χ0v) is 10.5. The molecule has 0 saturated heterocycles. The number of rotatable bonds is 2. The van der Waals surface area contributed by atoms with Crippen molar-refractivity contribution in [2.24, 2.45) is 0 Å². The van der Waals surface area contributed by atoms with Crippen LogP contribution in [0.15, 0.2) is 34.6 Å². The van der Waals surface area contributed by atoms with Crippen molar-refractivity contribution in [3.8, 4) is 0 Å². The Labute approximate surface area is 111 Å². The van der Waals surface area contributed by atoms with Crippen molar-refractivity contribution in [1.82, 2.24) is 25.1 Å². The summed E-state index contributed by atoms with van der Waals surface area (Å²) >= 11 is 7.39. The maximum Gasteiger partial charge on any atom is 0.223 e. The van der Waals surface area contributed by atoms with E-state index in [1.807, 2.05) is 0 Å². The van der Waals surface area contributed by atoms with Crippen LogP contribution in [-0.4, -0.2) is 25.1 Å². The molecule has 3 rings (SSSR count). The molecule has 0 unspecified atom stereocenters. The number of fused-ring (bicyclic) bond motifs is 1. The summed E-state index contributed by atoms with van der Waals surface area (Å²) in [6, 6.07) is 3.54. The number of H-pyrrole nitrogens is 1. The molecular formula is C10H7ClN6S. The van der Waals surface area contributed by atoms with Crippen LogP contribution in [0.2, 0.25) is 5.02 Å². The van der Waals surface area contributed by atoms with Gasteiger partial charge in [-0.2, -0.15) is 10.1 Å². The fourth-order valence-electron chi connectivity index (χ4n) is 1.44. The Morgan fingerprint density at radius 2 is 2.17 bits per heavy atom. The highest BCUT2D eigenvalue weighted by molar-refractivity contribution is 7.99. The lowest BCUT2D eigenvalue weighted by molar-refractivity contribution is 1.07. The number of nitrogens with one attached hydrogen (secondary N) is 1. The third kappa shape index (κ3) is 1.98. The summed E-state index contributed by atoms with van der Waals surface area (Å²) in [5, 5.41) is 9.36. The number of nitrogen functional groups attached to an aromatic ring is 1. The number of halogens is 1. The number of nitrogens with zero attached hydrogens (tertiary/aromatic N) is 4. The Balaban J connectivity index is 2.10. The summed E-state index contributed by atoms with van der Waals surface area (Å²) < 4.78 is 0. The normalized spacial score (nSPS) is 10.9. The molecule has 3 N–H and O–H groups in total. The van der Waals surface area contributed by atoms with Gasteiger partial charge in [0.15, 0.2) is 5.65 Å². The molecule has 0 amide bonds. The van der Waals surface area contributed by atoms with Crippen molar-refractivity contribution in [2.45, 2.75) is 10.1 Å². The molecule has 0 bridgehead atoms. The third-order valence-electron chi connectivity index (χ3n) is 2.21. The van der Waals surface area contributed by atoms with Crippen LogP contribution in [0.4, 0.5) is 5.95 Å². The summed E-state index contributed by atoms with van der Waals surface area (Å²) in [6.45, 7) is 0. The summed E-state index contributed by atoms with van der Waals surface area (Å²) in [5.74, 6) is 0.182. The third-order valence-corrected chi connectivity index (χ3v) is 3.65. The van der Waals surface area contributed by atoms with Crippen LogP contribution in [0.25, 0.3) is 11.0 Å². The number of aromatic amines is 1. The van der Waals surface area contributed by atoms with Gasteiger partial charge >= 0.3 is 0 Å². The number of anilines is 1. The Hall–Kier alpha value is -1.86. The molecule has 0 atom stereocenters. The summed E-state index contributed by atoms with van der Waals surface area (Å²) in [6.07, 6.45) is 3.32. The zero-order valence-electron chi connectivity index (χ0n) is 8.96. The van der Waals surface area contributed by atoms with E-state index < -0.39 is 0 Å². The highest BCUT2D eigenvalue weighted by Gasteiger charge is 2.11. The molecular weight excluding hydrogens is 272 g/mol. The van der Waals surface area contributed by atoms with Crippen LogP contribution >= 0.6 is 23.4 Å². The van der Waals surface area contributed by atoms with E-state index in [4.69, 9.17) is 17.3 Å². The molecule has 3 aromatic rings. The van der Waals surface area contributed by atoms with E-state index in [1.165, 1.54) is 11.8 Å². The maximum atomic E-state index is 6.06. The average Bonchev–Trinajstić information content (AvgIpc) is 2.80. The molecule has 3 heterocycles. The van der Waals surface area contributed by atoms with Crippen LogP contribution in [0.1, 0.15) is 0 Å². The summed E-state index contributed by atoms with van der Waals surface area (Å²) in [7, 11) is 0. The summed E-state index contributed by atoms with van der Waals surface area (Å²) in [4.78, 5) is 12.4. The quantitative estimate of drug-likeness (QED) is 0.698. The largest absolute Gasteiger partial charge is 0.368 e. The number of aromatic nitrogens is 5. The first-order valence-electron chi connectivity index (χ1n) is 4.99. The lowest BCUT2D eigenvalue weighted by Gasteiger charge is -2.03. The van der Waals surface area contributed by atoms with Crippen LogP contribution < -0.4 is 5.73 Å². The van der Waals surface area contributed by atoms with Crippen molar-refractivity contribution >= 4 is 40.3 Å². The smallest absolute Gasteiger partial charge is 0.223 e. The maximum absolute atomic E-state index is 6.06. The van der Waals surface area contributed by atoms with E-state index in [2.05, 4.69) is 25.1 Å². The highest BCUT2D eigenvalue weighted by atomic mass is 35.5. The molecule has 90 valence electrons. The molecule has 0 saturated carbocycles. The van der Waals surface area contributed by atoms with Crippen LogP contribution in [-0.2, 0) is 0 Å². The van der Waals surface area contributed by atoms with Gasteiger partial charge in [0, 0.05) is 6.20 Å². The Bertz CT molecular complexity index is 712. The van der Waals surface area contributed by atoms with Crippen LogP contribution in [0, 0.1) is 0 Å². The second kappa shape index (κ2) is 4.43. The van der Waals surface area contributed by atoms with E-state index in [9.17, 15) is 0 Å². The van der Waals surface area contributed by atoms with Gasteiger partial charge in [-0.1, -0.05) is 11.6 Å². The SMILES string of the molecule is Nc1nc(Sc2ncccc2Cl)c2cn[nH]c2n1. The van der Waals surface area contributed by atoms with Gasteiger partial charge in [0.1, 0.15) is 10.1 Å². The van der Waals surface area contributed by atoms with Gasteiger partial charge in [-0.15, -0.1) is 0 Å². The van der Waals surface area contributed by atoms with E-state index in [1.54, 1.807) is 24.5 Å². The number of pyridine rings is 1. The van der Waals surface area contributed by atoms with Gasteiger partial charge in [-0.3, -0.25) is 5.10 Å². The molecule has 3 aromatic heterocycles. The zero-order chi connectivity index (χ0) is 12.5. The molecule has 0 aromatic carbocycles. The summed E-state index contributed by atoms with van der Waals surface area (Å²) in [5.41, 5.74) is 6.23. The fraction of sp³-hybridized carbons (Fsp3) is 0. The van der Waals surface area contributed by atoms with Gasteiger partial charge in [0.05, 0.1) is 16.6 Å². The first-order valence-corrected chi connectivity index (χ1v) is 6.18. The molecule has 0 aliphatic carbocycles. The molecule has 8 heteroatoms. The average molecular weight is 279 g/mol. The Morgan fingerprint density at radius 1 is 1.28 bits per heavy atom. The molecule has 0 aliphatic rings. The van der Waals surface area contributed by atoms with Crippen molar-refractivity contribution in [3.05, 3.63) is 29.5 Å². The number of hydrogen-bond donors (Lipinski definition) is 2. The Morgan fingerprint density at radius 3 is 3.00 bits per heavy atom. The van der Waals surface area contributed by atoms with Gasteiger partial charge in [-0.05, 0) is 23.9 Å². The Kier molecular flexibility index (Phi) is 2.77. The van der Waals surface area contributed by atoms with Crippen LogP contribution in [0.5, 0.6) is 0 Å². The molecule has 6 nitrogen and oxygen atoms in total.